The van der Waals surface area contributed by atoms with Crippen molar-refractivity contribution in [2.24, 2.45) is 7.05 Å². The molecule has 0 spiro atoms. The minimum Gasteiger partial charge on any atom is -0.482 e. The molecular formula is C24H19ClF4N4O6S. The van der Waals surface area contributed by atoms with Gasteiger partial charge in [-0.3, -0.25) is 14.2 Å². The molecule has 10 nitrogen and oxygen atoms in total. The van der Waals surface area contributed by atoms with Gasteiger partial charge < -0.3 is 4.74 Å². The zero-order valence-electron chi connectivity index (χ0n) is 20.9. The summed E-state index contributed by atoms with van der Waals surface area (Å²) in [4.78, 5) is 38.4. The fraction of sp³-hybridized carbons (Fsp3) is 0.250. The number of aryl methyl sites for hydroxylation is 1. The van der Waals surface area contributed by atoms with Crippen LogP contribution in [0.1, 0.15) is 23.7 Å². The van der Waals surface area contributed by atoms with Crippen molar-refractivity contribution in [1.82, 2.24) is 9.13 Å². The Morgan fingerprint density at radius 1 is 1.18 bits per heavy atom. The SMILES string of the molecule is CCS(=O)(=O)N(C(=O)COc1ccc(C)cc1Cl)c1cc(-n2c(=O)cc(C(F)(F)F)n(C)c2=O)c(F)cc1C#N. The second-order valence-electron chi connectivity index (χ2n) is 8.26. The highest BCUT2D eigenvalue weighted by atomic mass is 35.5. The van der Waals surface area contributed by atoms with Crippen LogP contribution < -0.4 is 20.3 Å². The number of ether oxygens (including phenoxy) is 1. The first-order valence-electron chi connectivity index (χ1n) is 11.1. The van der Waals surface area contributed by atoms with Crippen LogP contribution in [0.5, 0.6) is 5.75 Å². The van der Waals surface area contributed by atoms with Crippen LogP contribution in [0.4, 0.5) is 23.2 Å². The highest BCUT2D eigenvalue weighted by molar-refractivity contribution is 7.93. The standard InChI is InChI=1S/C24H19ClF4N4O6S/c1-4-40(37,38)33(22(35)12-39-19-6-5-13(2)7-15(19)25)17-9-18(16(26)8-14(17)11-30)32-21(34)10-20(24(27,28)29)31(3)23(32)36/h5-10H,4,12H2,1-3H3. The van der Waals surface area contributed by atoms with Crippen LogP contribution in [0.2, 0.25) is 5.02 Å². The first-order chi connectivity index (χ1) is 18.5. The second kappa shape index (κ2) is 11.1. The summed E-state index contributed by atoms with van der Waals surface area (Å²) in [5.41, 5.74) is -6.54. The van der Waals surface area contributed by atoms with Gasteiger partial charge in [-0.05, 0) is 43.7 Å². The molecule has 0 atom stereocenters. The van der Waals surface area contributed by atoms with Gasteiger partial charge in [0.15, 0.2) is 6.61 Å². The molecule has 2 aromatic carbocycles. The van der Waals surface area contributed by atoms with E-state index in [9.17, 15) is 41.2 Å². The Labute approximate surface area is 229 Å². The first-order valence-corrected chi connectivity index (χ1v) is 13.1. The van der Waals surface area contributed by atoms with Gasteiger partial charge in [0.2, 0.25) is 10.0 Å². The van der Waals surface area contributed by atoms with E-state index in [1.165, 1.54) is 25.1 Å². The normalized spacial score (nSPS) is 11.7. The average Bonchev–Trinajstić information content (AvgIpc) is 2.86. The Hall–Kier alpha value is -4.16. The van der Waals surface area contributed by atoms with Gasteiger partial charge in [0.1, 0.15) is 23.3 Å². The lowest BCUT2D eigenvalue weighted by atomic mass is 10.1. The zero-order valence-corrected chi connectivity index (χ0v) is 22.5. The molecule has 0 bridgehead atoms. The van der Waals surface area contributed by atoms with Crippen molar-refractivity contribution < 1.29 is 35.5 Å². The number of nitriles is 1. The molecule has 0 saturated heterocycles. The van der Waals surface area contributed by atoms with Gasteiger partial charge in [0, 0.05) is 13.1 Å². The summed E-state index contributed by atoms with van der Waals surface area (Å²) >= 11 is 6.07. The molecule has 40 heavy (non-hydrogen) atoms. The molecule has 3 aromatic rings. The number of aromatic nitrogens is 2. The molecule has 1 heterocycles. The maximum absolute atomic E-state index is 15.0. The molecular weight excluding hydrogens is 584 g/mol. The fourth-order valence-corrected chi connectivity index (χ4v) is 4.95. The number of anilines is 1. The summed E-state index contributed by atoms with van der Waals surface area (Å²) in [6.07, 6.45) is -5.10. The summed E-state index contributed by atoms with van der Waals surface area (Å²) in [5.74, 6) is -3.36. The van der Waals surface area contributed by atoms with Crippen molar-refractivity contribution in [3.63, 3.8) is 0 Å². The van der Waals surface area contributed by atoms with Crippen LogP contribution >= 0.6 is 11.6 Å². The summed E-state index contributed by atoms with van der Waals surface area (Å²) in [5, 5.41) is 9.67. The molecule has 0 fully saturated rings. The van der Waals surface area contributed by atoms with Gasteiger partial charge in [-0.15, -0.1) is 0 Å². The fourth-order valence-electron chi connectivity index (χ4n) is 3.59. The number of alkyl halides is 3. The number of rotatable bonds is 7. The van der Waals surface area contributed by atoms with Gasteiger partial charge in [0.05, 0.1) is 27.7 Å². The van der Waals surface area contributed by atoms with Gasteiger partial charge in [-0.25, -0.2) is 26.5 Å². The third kappa shape index (κ3) is 5.87. The van der Waals surface area contributed by atoms with Crippen molar-refractivity contribution in [2.75, 3.05) is 16.7 Å². The van der Waals surface area contributed by atoms with Gasteiger partial charge in [-0.2, -0.15) is 18.4 Å². The molecule has 1 aromatic heterocycles. The zero-order chi connectivity index (χ0) is 30.2. The predicted octanol–water partition coefficient (Wildman–Crippen LogP) is 3.29. The van der Waals surface area contributed by atoms with Crippen molar-refractivity contribution in [3.05, 3.63) is 84.9 Å². The van der Waals surface area contributed by atoms with E-state index in [0.29, 0.717) is 19.2 Å². The van der Waals surface area contributed by atoms with Gasteiger partial charge in [-0.1, -0.05) is 17.7 Å². The second-order valence-corrected chi connectivity index (χ2v) is 10.8. The number of nitrogens with zero attached hydrogens (tertiary/aromatic N) is 4. The molecule has 3 rings (SSSR count). The molecule has 0 saturated carbocycles. The molecule has 0 aliphatic rings. The van der Waals surface area contributed by atoms with Gasteiger partial charge in [0.25, 0.3) is 11.5 Å². The highest BCUT2D eigenvalue weighted by Gasteiger charge is 2.36. The quantitative estimate of drug-likeness (QED) is 0.379. The van der Waals surface area contributed by atoms with E-state index < -0.39 is 74.2 Å². The van der Waals surface area contributed by atoms with Crippen LogP contribution in [0, 0.1) is 24.1 Å². The summed E-state index contributed by atoms with van der Waals surface area (Å²) < 4.78 is 86.2. The number of carbonyl (C=O) groups excluding carboxylic acids is 1. The summed E-state index contributed by atoms with van der Waals surface area (Å²) in [6.45, 7) is 1.97. The first kappa shape index (κ1) is 30.4. The van der Waals surface area contributed by atoms with E-state index in [1.807, 2.05) is 0 Å². The van der Waals surface area contributed by atoms with Crippen molar-refractivity contribution in [2.45, 2.75) is 20.0 Å². The number of benzene rings is 2. The highest BCUT2D eigenvalue weighted by Crippen LogP contribution is 2.31. The van der Waals surface area contributed by atoms with Gasteiger partial charge >= 0.3 is 11.9 Å². The Morgan fingerprint density at radius 3 is 2.38 bits per heavy atom. The largest absolute Gasteiger partial charge is 0.482 e. The molecule has 16 heteroatoms. The average molecular weight is 603 g/mol. The van der Waals surface area contributed by atoms with E-state index in [1.54, 1.807) is 13.0 Å². The van der Waals surface area contributed by atoms with Crippen LogP contribution in [-0.2, 0) is 28.0 Å². The number of amides is 1. The smallest absolute Gasteiger partial charge is 0.431 e. The summed E-state index contributed by atoms with van der Waals surface area (Å²) in [7, 11) is -3.87. The van der Waals surface area contributed by atoms with E-state index in [0.717, 1.165) is 5.56 Å². The van der Waals surface area contributed by atoms with Crippen molar-refractivity contribution in [1.29, 1.82) is 5.26 Å². The molecule has 0 aliphatic heterocycles. The Kier molecular flexibility index (Phi) is 8.46. The lowest BCUT2D eigenvalue weighted by Gasteiger charge is -2.24. The van der Waals surface area contributed by atoms with E-state index >= 15 is 4.39 Å². The minimum atomic E-state index is -5.10. The number of halogens is 5. The topological polar surface area (TPSA) is 131 Å². The molecule has 1 amide bonds. The molecule has 212 valence electrons. The molecule has 0 unspecified atom stereocenters. The lowest BCUT2D eigenvalue weighted by Crippen LogP contribution is -2.43. The van der Waals surface area contributed by atoms with Crippen molar-refractivity contribution >= 4 is 33.2 Å². The number of sulfonamides is 1. The van der Waals surface area contributed by atoms with E-state index in [4.69, 9.17) is 16.3 Å². The summed E-state index contributed by atoms with van der Waals surface area (Å²) in [6, 6.07) is 7.10. The van der Waals surface area contributed by atoms with E-state index in [2.05, 4.69) is 0 Å². The van der Waals surface area contributed by atoms with Crippen LogP contribution in [0.25, 0.3) is 5.69 Å². The maximum atomic E-state index is 15.0. The molecule has 0 aliphatic carbocycles. The maximum Gasteiger partial charge on any atom is 0.431 e. The molecule has 0 N–H and O–H groups in total. The Bertz CT molecular complexity index is 1780. The Morgan fingerprint density at radius 2 is 1.82 bits per heavy atom. The minimum absolute atomic E-state index is 0.0129. The monoisotopic (exact) mass is 602 g/mol. The van der Waals surface area contributed by atoms with Crippen LogP contribution in [-0.4, -0.2) is 35.8 Å². The molecule has 0 radical (unpaired) electrons. The number of carbonyl (C=O) groups is 1. The van der Waals surface area contributed by atoms with Crippen LogP contribution in [0.3, 0.4) is 0 Å². The Balaban J connectivity index is 2.22. The van der Waals surface area contributed by atoms with Crippen LogP contribution in [0.15, 0.2) is 46.0 Å². The lowest BCUT2D eigenvalue weighted by molar-refractivity contribution is -0.144. The predicted molar refractivity (Wildman–Crippen MR) is 136 cm³/mol. The third-order valence-corrected chi connectivity index (χ3v) is 7.55. The third-order valence-electron chi connectivity index (χ3n) is 5.56. The number of hydrogen-bond acceptors (Lipinski definition) is 7. The number of hydrogen-bond donors (Lipinski definition) is 0. The van der Waals surface area contributed by atoms with Crippen molar-refractivity contribution in [3.8, 4) is 17.5 Å². The van der Waals surface area contributed by atoms with E-state index in [-0.39, 0.29) is 30.3 Å².